The van der Waals surface area contributed by atoms with Gasteiger partial charge >= 0.3 is 5.97 Å². The molecule has 2 saturated carbocycles. The van der Waals surface area contributed by atoms with Gasteiger partial charge < -0.3 is 14.7 Å². The lowest BCUT2D eigenvalue weighted by Gasteiger charge is -2.39. The van der Waals surface area contributed by atoms with Crippen LogP contribution >= 0.6 is 11.3 Å². The minimum absolute atomic E-state index is 0.00405. The van der Waals surface area contributed by atoms with Crippen molar-refractivity contribution >= 4 is 28.9 Å². The number of carboxylic acid groups (broad SMARTS) is 1. The van der Waals surface area contributed by atoms with Gasteiger partial charge in [-0.05, 0) is 84.1 Å². The van der Waals surface area contributed by atoms with Gasteiger partial charge in [0.15, 0.2) is 0 Å². The van der Waals surface area contributed by atoms with Crippen molar-refractivity contribution in [2.24, 2.45) is 17.3 Å². The number of methoxy groups -OCH3 is 1. The molecule has 0 atom stereocenters. The van der Waals surface area contributed by atoms with Crippen LogP contribution in [0.5, 0.6) is 0 Å². The van der Waals surface area contributed by atoms with Gasteiger partial charge in [-0.3, -0.25) is 4.79 Å². The van der Waals surface area contributed by atoms with Gasteiger partial charge in [0.05, 0.1) is 16.7 Å². The highest BCUT2D eigenvalue weighted by Crippen LogP contribution is 2.39. The molecule has 2 aliphatic rings. The second-order valence-electron chi connectivity index (χ2n) is 10.5. The number of carbonyl (C=O) groups is 2. The van der Waals surface area contributed by atoms with Crippen LogP contribution in [0.3, 0.4) is 0 Å². The maximum absolute atomic E-state index is 13.8. The molecular formula is C26H37NO4S. The van der Waals surface area contributed by atoms with Crippen LogP contribution in [-0.4, -0.2) is 36.2 Å². The molecule has 1 N–H and O–H groups in total. The van der Waals surface area contributed by atoms with Crippen LogP contribution in [0.4, 0.5) is 5.69 Å². The molecule has 0 aliphatic heterocycles. The van der Waals surface area contributed by atoms with Gasteiger partial charge in [0.25, 0.3) is 0 Å². The largest absolute Gasteiger partial charge is 0.477 e. The smallest absolute Gasteiger partial charge is 0.348 e. The van der Waals surface area contributed by atoms with Crippen molar-refractivity contribution in [3.63, 3.8) is 0 Å². The monoisotopic (exact) mass is 459 g/mol. The summed E-state index contributed by atoms with van der Waals surface area (Å²) in [6.07, 6.45) is 7.51. The lowest BCUT2D eigenvalue weighted by molar-refractivity contribution is -0.124. The molecule has 0 bridgehead atoms. The molecule has 1 heterocycles. The molecule has 1 amide bonds. The summed E-state index contributed by atoms with van der Waals surface area (Å²) in [5, 5.41) is 9.97. The van der Waals surface area contributed by atoms with Crippen molar-refractivity contribution in [1.29, 1.82) is 0 Å². The van der Waals surface area contributed by atoms with Crippen LogP contribution in [0.15, 0.2) is 6.07 Å². The van der Waals surface area contributed by atoms with Crippen molar-refractivity contribution in [3.8, 4) is 11.8 Å². The minimum Gasteiger partial charge on any atom is -0.477 e. The van der Waals surface area contributed by atoms with Gasteiger partial charge in [-0.2, -0.15) is 0 Å². The molecule has 32 heavy (non-hydrogen) atoms. The third-order valence-electron chi connectivity index (χ3n) is 6.67. The van der Waals surface area contributed by atoms with Gasteiger partial charge in [0.2, 0.25) is 5.91 Å². The summed E-state index contributed by atoms with van der Waals surface area (Å²) in [6, 6.07) is 1.84. The Balaban J connectivity index is 1.98. The Morgan fingerprint density at radius 2 is 1.72 bits per heavy atom. The SMILES string of the molecule is CO[C@H]1CC[C@H](N(c2cc(C#CC(C)(C)C)sc2C(=O)O)C(=O)[C@H]2CC[C@H](C)CC2)CC1. The summed E-state index contributed by atoms with van der Waals surface area (Å²) in [5.74, 6) is 6.06. The summed E-state index contributed by atoms with van der Waals surface area (Å²) >= 11 is 1.18. The van der Waals surface area contributed by atoms with E-state index in [0.29, 0.717) is 16.5 Å². The number of carbonyl (C=O) groups excluding carboxylic acids is 1. The molecule has 1 aromatic rings. The highest BCUT2D eigenvalue weighted by atomic mass is 32.1. The number of hydrogen-bond acceptors (Lipinski definition) is 4. The summed E-state index contributed by atoms with van der Waals surface area (Å²) in [4.78, 5) is 28.8. The molecule has 0 saturated heterocycles. The predicted molar refractivity (Wildman–Crippen MR) is 129 cm³/mol. The summed E-state index contributed by atoms with van der Waals surface area (Å²) in [5.41, 5.74) is 0.352. The number of anilines is 1. The fraction of sp³-hybridized carbons (Fsp3) is 0.692. The van der Waals surface area contributed by atoms with Crippen molar-refractivity contribution in [1.82, 2.24) is 0 Å². The first-order chi connectivity index (χ1) is 15.1. The summed E-state index contributed by atoms with van der Waals surface area (Å²) in [6.45, 7) is 8.33. The lowest BCUT2D eigenvalue weighted by atomic mass is 9.81. The Morgan fingerprint density at radius 3 is 2.25 bits per heavy atom. The Hall–Kier alpha value is -1.84. The number of carboxylic acids is 1. The van der Waals surface area contributed by atoms with Crippen molar-refractivity contribution < 1.29 is 19.4 Å². The van der Waals surface area contributed by atoms with Crippen LogP contribution in [0.2, 0.25) is 0 Å². The Kier molecular flexibility index (Phi) is 8.06. The highest BCUT2D eigenvalue weighted by molar-refractivity contribution is 7.15. The molecule has 0 spiro atoms. The third-order valence-corrected chi connectivity index (χ3v) is 7.70. The minimum atomic E-state index is -0.991. The molecule has 2 fully saturated rings. The normalized spacial score (nSPS) is 26.2. The molecular weight excluding hydrogens is 422 g/mol. The van der Waals surface area contributed by atoms with E-state index in [4.69, 9.17) is 4.74 Å². The standard InChI is InChI=1S/C26H37NO4S/c1-17-6-8-18(9-7-17)24(28)27(19-10-12-20(31-5)13-11-19)22-16-21(14-15-26(2,3)4)32-23(22)25(29)30/h16-20H,6-13H2,1-5H3,(H,29,30)/t17-,18-,19-,20-. The number of thiophene rings is 1. The average molecular weight is 460 g/mol. The maximum atomic E-state index is 13.8. The van der Waals surface area contributed by atoms with E-state index in [1.807, 2.05) is 31.7 Å². The van der Waals surface area contributed by atoms with Gasteiger partial charge in [-0.25, -0.2) is 4.79 Å². The van der Waals surface area contributed by atoms with Crippen LogP contribution in [-0.2, 0) is 9.53 Å². The van der Waals surface area contributed by atoms with E-state index in [9.17, 15) is 14.7 Å². The second-order valence-corrected chi connectivity index (χ2v) is 11.5. The predicted octanol–water partition coefficient (Wildman–Crippen LogP) is 5.96. The number of rotatable bonds is 5. The molecule has 1 aromatic heterocycles. The van der Waals surface area contributed by atoms with E-state index in [1.54, 1.807) is 7.11 Å². The van der Waals surface area contributed by atoms with Crippen LogP contribution in [0, 0.1) is 29.1 Å². The first-order valence-corrected chi connectivity index (χ1v) is 12.7. The highest BCUT2D eigenvalue weighted by Gasteiger charge is 2.37. The number of aromatic carboxylic acids is 1. The van der Waals surface area contributed by atoms with E-state index in [0.717, 1.165) is 51.4 Å². The molecule has 0 unspecified atom stereocenters. The van der Waals surface area contributed by atoms with Gasteiger partial charge in [0.1, 0.15) is 4.88 Å². The van der Waals surface area contributed by atoms with E-state index >= 15 is 0 Å². The second kappa shape index (κ2) is 10.4. The lowest BCUT2D eigenvalue weighted by Crippen LogP contribution is -2.47. The number of ether oxygens (including phenoxy) is 1. The van der Waals surface area contributed by atoms with E-state index in [-0.39, 0.29) is 34.3 Å². The Bertz CT molecular complexity index is 872. The van der Waals surface area contributed by atoms with Crippen LogP contribution in [0.25, 0.3) is 0 Å². The molecule has 176 valence electrons. The fourth-order valence-electron chi connectivity index (χ4n) is 4.76. The maximum Gasteiger partial charge on any atom is 0.348 e. The topological polar surface area (TPSA) is 66.8 Å². The molecule has 5 nitrogen and oxygen atoms in total. The molecule has 2 aliphatic carbocycles. The number of hydrogen-bond donors (Lipinski definition) is 1. The van der Waals surface area contributed by atoms with Crippen molar-refractivity contribution in [2.45, 2.75) is 91.2 Å². The molecule has 0 aromatic carbocycles. The molecule has 6 heteroatoms. The summed E-state index contributed by atoms with van der Waals surface area (Å²) in [7, 11) is 1.73. The van der Waals surface area contributed by atoms with Crippen molar-refractivity contribution in [2.75, 3.05) is 12.0 Å². The summed E-state index contributed by atoms with van der Waals surface area (Å²) < 4.78 is 5.53. The molecule has 3 rings (SSSR count). The average Bonchev–Trinajstić information content (AvgIpc) is 3.17. The van der Waals surface area contributed by atoms with Gasteiger partial charge in [-0.15, -0.1) is 11.3 Å². The Morgan fingerprint density at radius 1 is 1.09 bits per heavy atom. The fourth-order valence-corrected chi connectivity index (χ4v) is 5.60. The zero-order valence-corrected chi connectivity index (χ0v) is 20.9. The van der Waals surface area contributed by atoms with Gasteiger partial charge in [-0.1, -0.05) is 18.8 Å². The zero-order chi connectivity index (χ0) is 23.5. The van der Waals surface area contributed by atoms with Crippen LogP contribution < -0.4 is 4.90 Å². The first kappa shape index (κ1) is 24.8. The van der Waals surface area contributed by atoms with E-state index in [2.05, 4.69) is 18.8 Å². The quantitative estimate of drug-likeness (QED) is 0.552. The number of nitrogens with zero attached hydrogens (tertiary/aromatic N) is 1. The molecule has 0 radical (unpaired) electrons. The van der Waals surface area contributed by atoms with E-state index < -0.39 is 5.97 Å². The van der Waals surface area contributed by atoms with E-state index in [1.165, 1.54) is 11.3 Å². The zero-order valence-electron chi connectivity index (χ0n) is 20.1. The first-order valence-electron chi connectivity index (χ1n) is 11.8. The third kappa shape index (κ3) is 6.14. The van der Waals surface area contributed by atoms with Gasteiger partial charge in [0, 0.05) is 24.5 Å². The van der Waals surface area contributed by atoms with Crippen LogP contribution in [0.1, 0.15) is 93.6 Å². The van der Waals surface area contributed by atoms with Crippen molar-refractivity contribution in [3.05, 3.63) is 15.8 Å². The number of amides is 1. The Labute approximate surface area is 196 Å².